The van der Waals surface area contributed by atoms with E-state index in [1.54, 1.807) is 67.1 Å². The molecule has 5 aromatic rings. The van der Waals surface area contributed by atoms with E-state index in [2.05, 4.69) is 4.98 Å². The Morgan fingerprint density at radius 1 is 1.06 bits per heavy atom. The van der Waals surface area contributed by atoms with Gasteiger partial charge in [0.25, 0.3) is 10.0 Å². The number of esters is 1. The van der Waals surface area contributed by atoms with Crippen LogP contribution in [-0.4, -0.2) is 46.7 Å². The van der Waals surface area contributed by atoms with Crippen molar-refractivity contribution in [2.24, 2.45) is 0 Å². The number of ether oxygens (including phenoxy) is 2. The van der Waals surface area contributed by atoms with E-state index >= 15 is 8.78 Å². The zero-order chi connectivity index (χ0) is 35.6. The summed E-state index contributed by atoms with van der Waals surface area (Å²) in [6.45, 7) is 3.43. The first-order chi connectivity index (χ1) is 23.9. The minimum Gasteiger partial charge on any atom is -0.466 e. The second kappa shape index (κ2) is 14.3. The first-order valence-corrected chi connectivity index (χ1v) is 19.2. The summed E-state index contributed by atoms with van der Waals surface area (Å²) in [5.41, 5.74) is 1.85. The zero-order valence-corrected chi connectivity index (χ0v) is 29.8. The second-order valence-corrected chi connectivity index (χ2v) is 15.7. The van der Waals surface area contributed by atoms with Crippen LogP contribution in [0.4, 0.5) is 8.78 Å². The highest BCUT2D eigenvalue weighted by Crippen LogP contribution is 2.41. The third-order valence-electron chi connectivity index (χ3n) is 8.41. The third kappa shape index (κ3) is 6.90. The number of fused-ring (bicyclic) bond motifs is 1. The molecule has 0 bridgehead atoms. The molecular formula is C37H32F2N2O6S3. The monoisotopic (exact) mass is 734 g/mol. The number of aromatic nitrogens is 2. The molecule has 0 amide bonds. The van der Waals surface area contributed by atoms with E-state index < -0.39 is 26.4 Å². The Morgan fingerprint density at radius 3 is 2.60 bits per heavy atom. The lowest BCUT2D eigenvalue weighted by atomic mass is 10.0. The first-order valence-electron chi connectivity index (χ1n) is 15.6. The second-order valence-electron chi connectivity index (χ2n) is 11.7. The number of carbonyl (C=O) groups is 2. The summed E-state index contributed by atoms with van der Waals surface area (Å²) in [7, 11) is -4.18. The van der Waals surface area contributed by atoms with Gasteiger partial charge in [-0.25, -0.2) is 26.2 Å². The lowest BCUT2D eigenvalue weighted by molar-refractivity contribution is -0.143. The van der Waals surface area contributed by atoms with Crippen molar-refractivity contribution in [2.45, 2.75) is 37.9 Å². The molecule has 50 heavy (non-hydrogen) atoms. The number of hydrogen-bond acceptors (Lipinski definition) is 9. The molecule has 1 atom stereocenters. The average molecular weight is 735 g/mol. The summed E-state index contributed by atoms with van der Waals surface area (Å²) in [5, 5.41) is 2.39. The quantitative estimate of drug-likeness (QED) is 0.0925. The van der Waals surface area contributed by atoms with E-state index in [4.69, 9.17) is 9.47 Å². The van der Waals surface area contributed by atoms with Crippen molar-refractivity contribution in [3.05, 3.63) is 124 Å². The number of thiazole rings is 1. The fourth-order valence-corrected chi connectivity index (χ4v) is 8.52. The van der Waals surface area contributed by atoms with Crippen LogP contribution in [-0.2, 0) is 26.0 Å². The standard InChI is InChI=1S/C37H32F2N2O6S3/c1-4-46-34(42)13-8-23-6-5-7-25(18-23)35(43)31-22-49-36(40-31)29-20-27(9-11-30(29)38)47-26-10-12-32-24(19-26)15-17-41(32)50(44,45)37(2)16-14-28(48-3)21-33(37)39/h5-7,9-12,14-15,17-22H,4,8,13,16H2,1-3H3. The van der Waals surface area contributed by atoms with E-state index in [9.17, 15) is 18.0 Å². The average Bonchev–Trinajstić information content (AvgIpc) is 3.77. The predicted octanol–water partition coefficient (Wildman–Crippen LogP) is 8.86. The number of rotatable bonds is 12. The van der Waals surface area contributed by atoms with Crippen LogP contribution >= 0.6 is 23.1 Å². The molecule has 258 valence electrons. The molecule has 0 saturated heterocycles. The van der Waals surface area contributed by atoms with Gasteiger partial charge >= 0.3 is 5.97 Å². The first kappa shape index (κ1) is 35.2. The number of ketones is 1. The van der Waals surface area contributed by atoms with Crippen molar-refractivity contribution in [3.63, 3.8) is 0 Å². The van der Waals surface area contributed by atoms with Crippen LogP contribution in [0.15, 0.2) is 101 Å². The number of hydrogen-bond donors (Lipinski definition) is 0. The number of carbonyl (C=O) groups excluding carboxylic acids is 2. The normalized spacial score (nSPS) is 16.2. The summed E-state index contributed by atoms with van der Waals surface area (Å²) in [6, 6.07) is 17.5. The number of benzene rings is 3. The molecule has 1 aliphatic rings. The molecular weight excluding hydrogens is 703 g/mol. The highest BCUT2D eigenvalue weighted by molar-refractivity contribution is 8.02. The van der Waals surface area contributed by atoms with Crippen molar-refractivity contribution in [1.82, 2.24) is 8.96 Å². The Bertz CT molecular complexity index is 2290. The fraction of sp³-hybridized carbons (Fsp3) is 0.216. The smallest absolute Gasteiger partial charge is 0.306 e. The Labute approximate surface area is 296 Å². The Morgan fingerprint density at radius 2 is 1.84 bits per heavy atom. The molecule has 0 spiro atoms. The maximum atomic E-state index is 15.2. The number of nitrogens with zero attached hydrogens (tertiary/aromatic N) is 2. The Hall–Kier alpha value is -4.59. The summed E-state index contributed by atoms with van der Waals surface area (Å²) in [4.78, 5) is 30.1. The minimum atomic E-state index is -4.18. The molecule has 2 heterocycles. The maximum Gasteiger partial charge on any atom is 0.306 e. The van der Waals surface area contributed by atoms with Crippen LogP contribution in [0.3, 0.4) is 0 Å². The molecule has 13 heteroatoms. The molecule has 3 aromatic carbocycles. The predicted molar refractivity (Wildman–Crippen MR) is 192 cm³/mol. The summed E-state index contributed by atoms with van der Waals surface area (Å²) < 4.78 is 68.0. The number of halogens is 2. The van der Waals surface area contributed by atoms with Crippen molar-refractivity contribution < 1.29 is 36.3 Å². The van der Waals surface area contributed by atoms with Gasteiger partial charge < -0.3 is 9.47 Å². The SMILES string of the molecule is CCOC(=O)CCc1cccc(C(=O)c2csc(-c3cc(Oc4ccc5c(ccn5S(=O)(=O)C5(C)CC=C(SC)C=C5F)c4)ccc3F)n2)c1. The van der Waals surface area contributed by atoms with Gasteiger partial charge in [-0.1, -0.05) is 24.3 Å². The van der Waals surface area contributed by atoms with E-state index in [0.29, 0.717) is 45.9 Å². The molecule has 0 fully saturated rings. The van der Waals surface area contributed by atoms with Gasteiger partial charge in [0.1, 0.15) is 38.6 Å². The Balaban J connectivity index is 1.19. The third-order valence-corrected chi connectivity index (χ3v) is 12.4. The summed E-state index contributed by atoms with van der Waals surface area (Å²) in [5.74, 6) is -1.25. The highest BCUT2D eigenvalue weighted by atomic mass is 32.2. The number of allylic oxidation sites excluding steroid dienone is 2. The van der Waals surface area contributed by atoms with Gasteiger partial charge in [-0.3, -0.25) is 9.59 Å². The van der Waals surface area contributed by atoms with Crippen LogP contribution in [0.25, 0.3) is 21.5 Å². The van der Waals surface area contributed by atoms with Crippen LogP contribution in [0.2, 0.25) is 0 Å². The molecule has 1 aliphatic carbocycles. The van der Waals surface area contributed by atoms with Gasteiger partial charge in [-0.05, 0) is 93.1 Å². The van der Waals surface area contributed by atoms with Gasteiger partial charge in [0, 0.05) is 39.4 Å². The van der Waals surface area contributed by atoms with Gasteiger partial charge in [0.05, 0.1) is 12.1 Å². The summed E-state index contributed by atoms with van der Waals surface area (Å²) in [6.07, 6.45) is 6.81. The van der Waals surface area contributed by atoms with E-state index in [0.717, 1.165) is 20.9 Å². The van der Waals surface area contributed by atoms with Crippen LogP contribution in [0.5, 0.6) is 11.5 Å². The van der Waals surface area contributed by atoms with Crippen molar-refractivity contribution in [3.8, 4) is 22.1 Å². The minimum absolute atomic E-state index is 0.00208. The lowest BCUT2D eigenvalue weighted by Gasteiger charge is -2.30. The van der Waals surface area contributed by atoms with Crippen molar-refractivity contribution >= 4 is 55.8 Å². The van der Waals surface area contributed by atoms with Gasteiger partial charge in [0.2, 0.25) is 5.78 Å². The van der Waals surface area contributed by atoms with E-state index in [1.165, 1.54) is 49.2 Å². The number of thioether (sulfide) groups is 1. The zero-order valence-electron chi connectivity index (χ0n) is 27.3. The highest BCUT2D eigenvalue weighted by Gasteiger charge is 2.46. The van der Waals surface area contributed by atoms with Crippen LogP contribution < -0.4 is 4.74 Å². The molecule has 0 N–H and O–H groups in total. The molecule has 0 saturated carbocycles. The van der Waals surface area contributed by atoms with E-state index in [1.807, 2.05) is 6.07 Å². The topological polar surface area (TPSA) is 105 Å². The largest absolute Gasteiger partial charge is 0.466 e. The molecule has 8 nitrogen and oxygen atoms in total. The Kier molecular flexibility index (Phi) is 10.1. The van der Waals surface area contributed by atoms with Crippen LogP contribution in [0, 0.1) is 5.82 Å². The van der Waals surface area contributed by atoms with Gasteiger partial charge in [-0.2, -0.15) is 0 Å². The van der Waals surface area contributed by atoms with Gasteiger partial charge in [-0.15, -0.1) is 23.1 Å². The van der Waals surface area contributed by atoms with Gasteiger partial charge in [0.15, 0.2) is 0 Å². The maximum absolute atomic E-state index is 15.2. The van der Waals surface area contributed by atoms with E-state index in [-0.39, 0.29) is 40.9 Å². The summed E-state index contributed by atoms with van der Waals surface area (Å²) >= 11 is 2.46. The van der Waals surface area contributed by atoms with Crippen molar-refractivity contribution in [2.75, 3.05) is 12.9 Å². The fourth-order valence-electron chi connectivity index (χ4n) is 5.55. The molecule has 1 unspecified atom stereocenters. The molecule has 6 rings (SSSR count). The van der Waals surface area contributed by atoms with Crippen LogP contribution in [0.1, 0.15) is 48.3 Å². The van der Waals surface area contributed by atoms with Crippen molar-refractivity contribution in [1.29, 1.82) is 0 Å². The number of aryl methyl sites for hydroxylation is 1. The molecule has 2 aromatic heterocycles. The molecule has 0 radical (unpaired) electrons. The molecule has 0 aliphatic heterocycles. The lowest BCUT2D eigenvalue weighted by Crippen LogP contribution is -2.40.